The minimum atomic E-state index is -0.137. The molecule has 0 N–H and O–H groups in total. The van der Waals surface area contributed by atoms with E-state index in [1.807, 2.05) is 126 Å². The Morgan fingerprint density at radius 2 is 0.955 bits per heavy atom. The molecule has 9 rings (SSSR count). The Bertz CT molecular complexity index is 2570. The fourth-order valence-corrected chi connectivity index (χ4v) is 6.21. The fourth-order valence-electron chi connectivity index (χ4n) is 6.21. The normalized spacial score (nSPS) is 11.7. The van der Waals surface area contributed by atoms with Gasteiger partial charge in [-0.1, -0.05) is 121 Å². The first-order valence-electron chi connectivity index (χ1n) is 14.4. The van der Waals surface area contributed by atoms with E-state index in [1.54, 1.807) is 4.40 Å². The van der Waals surface area contributed by atoms with Crippen LogP contribution in [-0.4, -0.2) is 28.9 Å². The number of nitrogens with zero attached hydrogens (tertiary/aromatic N) is 6. The standard InChI is InChI=1S/C37H22N6O/c44-36-31-28-20-10-12-22-30(28)43(35(31)41-34-27-19-8-7-17-25(27)26-18-9-11-21-29(26)42(34)36)37-39-32(23-13-3-1-4-14-23)38-33(40-37)24-15-5-2-6-16-24/h1-22H. The smallest absolute Gasteiger partial charge is 0.268 e. The van der Waals surface area contributed by atoms with Gasteiger partial charge in [0.25, 0.3) is 5.56 Å². The molecule has 206 valence electrons. The van der Waals surface area contributed by atoms with Gasteiger partial charge in [-0.15, -0.1) is 0 Å². The number of pyridine rings is 1. The van der Waals surface area contributed by atoms with Crippen LogP contribution in [0.5, 0.6) is 0 Å². The molecular formula is C37H22N6O. The number of hydrogen-bond acceptors (Lipinski definition) is 5. The van der Waals surface area contributed by atoms with Crippen molar-refractivity contribution in [2.24, 2.45) is 0 Å². The van der Waals surface area contributed by atoms with E-state index in [4.69, 9.17) is 19.9 Å². The van der Waals surface area contributed by atoms with Gasteiger partial charge < -0.3 is 0 Å². The number of hydrogen-bond donors (Lipinski definition) is 0. The van der Waals surface area contributed by atoms with Gasteiger partial charge in [-0.3, -0.25) is 13.8 Å². The third-order valence-corrected chi connectivity index (χ3v) is 8.18. The highest BCUT2D eigenvalue weighted by Gasteiger charge is 2.23. The molecule has 0 atom stereocenters. The molecule has 4 heterocycles. The Morgan fingerprint density at radius 3 is 1.61 bits per heavy atom. The van der Waals surface area contributed by atoms with Crippen LogP contribution in [0.4, 0.5) is 0 Å². The van der Waals surface area contributed by atoms with Crippen LogP contribution in [0, 0.1) is 0 Å². The fraction of sp³-hybridized carbons (Fsp3) is 0. The Kier molecular flexibility index (Phi) is 5.21. The predicted octanol–water partition coefficient (Wildman–Crippen LogP) is 7.62. The van der Waals surface area contributed by atoms with Gasteiger partial charge in [0.1, 0.15) is 0 Å². The van der Waals surface area contributed by atoms with E-state index in [0.717, 1.165) is 43.7 Å². The van der Waals surface area contributed by atoms with Crippen LogP contribution in [0.1, 0.15) is 0 Å². The van der Waals surface area contributed by atoms with Gasteiger partial charge >= 0.3 is 0 Å². The average Bonchev–Trinajstić information content (AvgIpc) is 3.43. The van der Waals surface area contributed by atoms with Gasteiger partial charge in [-0.2, -0.15) is 9.97 Å². The molecule has 7 nitrogen and oxygen atoms in total. The molecule has 44 heavy (non-hydrogen) atoms. The summed E-state index contributed by atoms with van der Waals surface area (Å²) in [5.41, 5.74) is 4.29. The summed E-state index contributed by atoms with van der Waals surface area (Å²) >= 11 is 0. The molecular weight excluding hydrogens is 544 g/mol. The van der Waals surface area contributed by atoms with Crippen molar-refractivity contribution in [3.05, 3.63) is 144 Å². The van der Waals surface area contributed by atoms with Crippen LogP contribution < -0.4 is 5.56 Å². The highest BCUT2D eigenvalue weighted by atomic mass is 16.1. The molecule has 0 radical (unpaired) electrons. The molecule has 9 aromatic rings. The summed E-state index contributed by atoms with van der Waals surface area (Å²) in [5, 5.41) is 4.23. The molecule has 0 aliphatic heterocycles. The minimum Gasteiger partial charge on any atom is -0.268 e. The summed E-state index contributed by atoms with van der Waals surface area (Å²) in [4.78, 5) is 34.7. The van der Waals surface area contributed by atoms with Crippen molar-refractivity contribution >= 4 is 49.3 Å². The summed E-state index contributed by atoms with van der Waals surface area (Å²) in [5.74, 6) is 1.47. The zero-order valence-corrected chi connectivity index (χ0v) is 23.3. The van der Waals surface area contributed by atoms with Crippen molar-refractivity contribution in [1.29, 1.82) is 0 Å². The van der Waals surface area contributed by atoms with Crippen molar-refractivity contribution in [3.63, 3.8) is 0 Å². The third kappa shape index (κ3) is 3.53. The largest absolute Gasteiger partial charge is 0.268 e. The van der Waals surface area contributed by atoms with Crippen molar-refractivity contribution in [2.75, 3.05) is 0 Å². The highest BCUT2D eigenvalue weighted by molar-refractivity contribution is 6.14. The van der Waals surface area contributed by atoms with Crippen molar-refractivity contribution < 1.29 is 0 Å². The van der Waals surface area contributed by atoms with Gasteiger partial charge in [-0.25, -0.2) is 9.97 Å². The first-order chi connectivity index (χ1) is 21.8. The van der Waals surface area contributed by atoms with E-state index in [9.17, 15) is 4.79 Å². The number of rotatable bonds is 3. The average molecular weight is 567 g/mol. The Labute approximate surface area is 250 Å². The number of para-hydroxylation sites is 2. The SMILES string of the molecule is O=c1c2c3ccccc3n(-c3nc(-c4ccccc4)nc(-c4ccccc4)n3)c2nc2c3ccccc3c3ccccc3n12. The van der Waals surface area contributed by atoms with E-state index in [1.165, 1.54) is 0 Å². The van der Waals surface area contributed by atoms with E-state index >= 15 is 0 Å². The predicted molar refractivity (Wildman–Crippen MR) is 175 cm³/mol. The van der Waals surface area contributed by atoms with E-state index in [2.05, 4.69) is 12.1 Å². The van der Waals surface area contributed by atoms with E-state index in [0.29, 0.717) is 34.3 Å². The molecule has 0 fully saturated rings. The van der Waals surface area contributed by atoms with E-state index < -0.39 is 0 Å². The van der Waals surface area contributed by atoms with Crippen molar-refractivity contribution in [3.8, 4) is 28.7 Å². The maximum Gasteiger partial charge on any atom is 0.268 e. The summed E-state index contributed by atoms with van der Waals surface area (Å²) in [6.45, 7) is 0. The molecule has 0 spiro atoms. The van der Waals surface area contributed by atoms with Crippen molar-refractivity contribution in [1.82, 2.24) is 28.9 Å². The monoisotopic (exact) mass is 566 g/mol. The maximum absolute atomic E-state index is 14.6. The molecule has 0 aliphatic carbocycles. The Morgan fingerprint density at radius 1 is 0.432 bits per heavy atom. The first kappa shape index (κ1) is 24.4. The number of aromatic nitrogens is 6. The Balaban J connectivity index is 1.46. The van der Waals surface area contributed by atoms with E-state index in [-0.39, 0.29) is 5.56 Å². The minimum absolute atomic E-state index is 0.137. The van der Waals surface area contributed by atoms with Crippen LogP contribution >= 0.6 is 0 Å². The van der Waals surface area contributed by atoms with Crippen LogP contribution in [0.25, 0.3) is 78.0 Å². The second-order valence-corrected chi connectivity index (χ2v) is 10.7. The lowest BCUT2D eigenvalue weighted by Crippen LogP contribution is -2.17. The van der Waals surface area contributed by atoms with Crippen LogP contribution in [0.2, 0.25) is 0 Å². The molecule has 0 saturated heterocycles. The maximum atomic E-state index is 14.6. The molecule has 0 saturated carbocycles. The molecule has 7 heteroatoms. The second-order valence-electron chi connectivity index (χ2n) is 10.7. The summed E-state index contributed by atoms with van der Waals surface area (Å²) in [7, 11) is 0. The third-order valence-electron chi connectivity index (χ3n) is 8.18. The van der Waals surface area contributed by atoms with Crippen molar-refractivity contribution in [2.45, 2.75) is 0 Å². The van der Waals surface area contributed by atoms with Crippen LogP contribution in [0.3, 0.4) is 0 Å². The lowest BCUT2D eigenvalue weighted by atomic mass is 10.1. The number of benzene rings is 5. The summed E-state index contributed by atoms with van der Waals surface area (Å²) in [6, 6.07) is 43.6. The molecule has 0 aliphatic rings. The highest BCUT2D eigenvalue weighted by Crippen LogP contribution is 2.33. The van der Waals surface area contributed by atoms with Gasteiger partial charge in [0.15, 0.2) is 22.9 Å². The molecule has 0 bridgehead atoms. The summed E-state index contributed by atoms with van der Waals surface area (Å²) < 4.78 is 3.64. The molecule has 0 unspecified atom stereocenters. The van der Waals surface area contributed by atoms with Gasteiger partial charge in [0.2, 0.25) is 5.95 Å². The topological polar surface area (TPSA) is 78.0 Å². The zero-order chi connectivity index (χ0) is 29.2. The lowest BCUT2D eigenvalue weighted by Gasteiger charge is -2.12. The molecule has 0 amide bonds. The lowest BCUT2D eigenvalue weighted by molar-refractivity contribution is 0.942. The van der Waals surface area contributed by atoms with Gasteiger partial charge in [0, 0.05) is 27.3 Å². The second kappa shape index (κ2) is 9.40. The van der Waals surface area contributed by atoms with Gasteiger partial charge in [0.05, 0.1) is 16.4 Å². The Hall–Kier alpha value is -6.21. The number of fused-ring (bicyclic) bond motifs is 9. The quantitative estimate of drug-likeness (QED) is 0.206. The summed E-state index contributed by atoms with van der Waals surface area (Å²) in [6.07, 6.45) is 0. The molecule has 5 aromatic carbocycles. The van der Waals surface area contributed by atoms with Gasteiger partial charge in [-0.05, 0) is 17.5 Å². The van der Waals surface area contributed by atoms with Crippen LogP contribution in [-0.2, 0) is 0 Å². The first-order valence-corrected chi connectivity index (χ1v) is 14.4. The molecule has 4 aromatic heterocycles. The zero-order valence-electron chi connectivity index (χ0n) is 23.3. The van der Waals surface area contributed by atoms with Crippen LogP contribution in [0.15, 0.2) is 138 Å².